The molecule has 0 bridgehead atoms. The minimum atomic E-state index is 0.415. The van der Waals surface area contributed by atoms with Crippen molar-refractivity contribution in [3.63, 3.8) is 0 Å². The van der Waals surface area contributed by atoms with Gasteiger partial charge in [0.25, 0.3) is 0 Å². The summed E-state index contributed by atoms with van der Waals surface area (Å²) in [6.45, 7) is 8.46. The number of hydrogen-bond acceptors (Lipinski definition) is 5. The number of thiocarbonyl (C=S) groups is 1. The third kappa shape index (κ3) is 5.65. The molecule has 2 aromatic rings. The van der Waals surface area contributed by atoms with Crippen LogP contribution in [-0.4, -0.2) is 34.7 Å². The summed E-state index contributed by atoms with van der Waals surface area (Å²) in [4.78, 5) is 11.4. The molecule has 1 saturated heterocycles. The predicted octanol–water partition coefficient (Wildman–Crippen LogP) is 3.98. The van der Waals surface area contributed by atoms with Crippen LogP contribution in [0, 0.1) is 5.92 Å². The number of benzene rings is 1. The summed E-state index contributed by atoms with van der Waals surface area (Å²) in [6.07, 6.45) is 4.14. The van der Waals surface area contributed by atoms with Crippen molar-refractivity contribution in [1.29, 1.82) is 0 Å². The summed E-state index contributed by atoms with van der Waals surface area (Å²) in [6, 6.07) is 11.5. The summed E-state index contributed by atoms with van der Waals surface area (Å²) in [5.74, 6) is 3.11. The highest BCUT2D eigenvalue weighted by atomic mass is 32.1. The van der Waals surface area contributed by atoms with Gasteiger partial charge in [0.05, 0.1) is 0 Å². The van der Waals surface area contributed by atoms with Crippen molar-refractivity contribution in [3.8, 4) is 11.6 Å². The van der Waals surface area contributed by atoms with Gasteiger partial charge in [-0.3, -0.25) is 0 Å². The lowest BCUT2D eigenvalue weighted by Gasteiger charge is -2.32. The van der Waals surface area contributed by atoms with Gasteiger partial charge < -0.3 is 20.3 Å². The Morgan fingerprint density at radius 1 is 1.37 bits per heavy atom. The zero-order chi connectivity index (χ0) is 19.1. The third-order valence-electron chi connectivity index (χ3n) is 4.27. The fourth-order valence-corrected chi connectivity index (χ4v) is 3.18. The molecule has 1 aliphatic rings. The van der Waals surface area contributed by atoms with Crippen LogP contribution in [0.4, 0.5) is 11.8 Å². The van der Waals surface area contributed by atoms with Gasteiger partial charge in [0.1, 0.15) is 11.6 Å². The highest BCUT2D eigenvalue weighted by Crippen LogP contribution is 2.27. The molecule has 27 heavy (non-hydrogen) atoms. The van der Waals surface area contributed by atoms with Crippen molar-refractivity contribution in [1.82, 2.24) is 15.3 Å². The smallest absolute Gasteiger partial charge is 0.234 e. The van der Waals surface area contributed by atoms with Crippen LogP contribution in [0.5, 0.6) is 11.6 Å². The number of nitrogens with one attached hydrogen (secondary N) is 2. The lowest BCUT2D eigenvalue weighted by atomic mass is 10.0. The molecule has 1 aliphatic heterocycles. The molecule has 2 N–H and O–H groups in total. The molecule has 1 atom stereocenters. The number of ether oxygens (including phenoxy) is 1. The molecule has 3 rings (SSSR count). The summed E-state index contributed by atoms with van der Waals surface area (Å²) < 4.78 is 5.94. The van der Waals surface area contributed by atoms with E-state index in [0.717, 1.165) is 31.1 Å². The number of hydrogen-bond donors (Lipinski definition) is 2. The van der Waals surface area contributed by atoms with E-state index in [1.807, 2.05) is 36.4 Å². The van der Waals surface area contributed by atoms with Gasteiger partial charge in [0.2, 0.25) is 11.8 Å². The summed E-state index contributed by atoms with van der Waals surface area (Å²) in [5.41, 5.74) is 0. The highest BCUT2D eigenvalue weighted by molar-refractivity contribution is 7.80. The quantitative estimate of drug-likeness (QED) is 0.578. The molecule has 0 radical (unpaired) electrons. The summed E-state index contributed by atoms with van der Waals surface area (Å²) in [5, 5.41) is 6.51. The molecular weight excluding hydrogens is 358 g/mol. The number of rotatable bonds is 6. The van der Waals surface area contributed by atoms with E-state index in [9.17, 15) is 0 Å². The van der Waals surface area contributed by atoms with E-state index in [2.05, 4.69) is 39.0 Å². The third-order valence-corrected chi connectivity index (χ3v) is 4.51. The first-order valence-electron chi connectivity index (χ1n) is 9.16. The van der Waals surface area contributed by atoms with E-state index in [0.29, 0.717) is 29.4 Å². The SMILES string of the molecule is C=CCNC(=S)Nc1nc(Oc2ccccc2)cc(N2CCC[C@H](C)C2)n1. The summed E-state index contributed by atoms with van der Waals surface area (Å²) >= 11 is 5.29. The molecule has 1 aromatic carbocycles. The lowest BCUT2D eigenvalue weighted by Crippen LogP contribution is -2.35. The van der Waals surface area contributed by atoms with Gasteiger partial charge in [-0.15, -0.1) is 6.58 Å². The Balaban J connectivity index is 1.84. The largest absolute Gasteiger partial charge is 0.439 e. The van der Waals surface area contributed by atoms with Gasteiger partial charge in [0, 0.05) is 25.7 Å². The Morgan fingerprint density at radius 2 is 2.19 bits per heavy atom. The molecule has 1 aromatic heterocycles. The second-order valence-corrected chi connectivity index (χ2v) is 7.03. The van der Waals surface area contributed by atoms with E-state index in [1.54, 1.807) is 6.08 Å². The Labute approximate surface area is 165 Å². The number of nitrogens with zero attached hydrogens (tertiary/aromatic N) is 3. The van der Waals surface area contributed by atoms with Crippen LogP contribution in [0.15, 0.2) is 49.1 Å². The molecule has 0 saturated carbocycles. The normalized spacial score (nSPS) is 16.5. The van der Waals surface area contributed by atoms with Crippen molar-refractivity contribution in [2.75, 3.05) is 29.9 Å². The first-order valence-corrected chi connectivity index (χ1v) is 9.57. The van der Waals surface area contributed by atoms with E-state index < -0.39 is 0 Å². The first-order chi connectivity index (χ1) is 13.1. The van der Waals surface area contributed by atoms with Crippen molar-refractivity contribution >= 4 is 29.1 Å². The molecule has 2 heterocycles. The Morgan fingerprint density at radius 3 is 2.93 bits per heavy atom. The Bertz CT molecular complexity index is 783. The number of anilines is 2. The molecule has 142 valence electrons. The van der Waals surface area contributed by atoms with Crippen molar-refractivity contribution in [2.24, 2.45) is 5.92 Å². The van der Waals surface area contributed by atoms with Gasteiger partial charge >= 0.3 is 0 Å². The molecule has 0 amide bonds. The van der Waals surface area contributed by atoms with E-state index in [4.69, 9.17) is 17.0 Å². The number of para-hydroxylation sites is 1. The maximum atomic E-state index is 5.94. The van der Waals surface area contributed by atoms with Crippen LogP contribution in [0.2, 0.25) is 0 Å². The van der Waals surface area contributed by atoms with Crippen LogP contribution < -0.4 is 20.3 Å². The average molecular weight is 384 g/mol. The van der Waals surface area contributed by atoms with E-state index in [1.165, 1.54) is 6.42 Å². The van der Waals surface area contributed by atoms with Gasteiger partial charge in [-0.05, 0) is 43.1 Å². The van der Waals surface area contributed by atoms with Crippen molar-refractivity contribution in [3.05, 3.63) is 49.1 Å². The minimum absolute atomic E-state index is 0.415. The molecule has 0 spiro atoms. The van der Waals surface area contributed by atoms with Gasteiger partial charge in [-0.2, -0.15) is 9.97 Å². The molecule has 7 heteroatoms. The van der Waals surface area contributed by atoms with Crippen LogP contribution in [0.3, 0.4) is 0 Å². The first kappa shape index (κ1) is 19.1. The van der Waals surface area contributed by atoms with Crippen LogP contribution in [-0.2, 0) is 0 Å². The Hall–Kier alpha value is -2.67. The second kappa shape index (κ2) is 9.32. The fraction of sp³-hybridized carbons (Fsp3) is 0.350. The average Bonchev–Trinajstić information content (AvgIpc) is 2.67. The molecule has 0 aliphatic carbocycles. The molecule has 0 unspecified atom stereocenters. The maximum Gasteiger partial charge on any atom is 0.234 e. The van der Waals surface area contributed by atoms with Crippen molar-refractivity contribution in [2.45, 2.75) is 19.8 Å². The zero-order valence-corrected chi connectivity index (χ0v) is 16.3. The van der Waals surface area contributed by atoms with E-state index >= 15 is 0 Å². The molecule has 6 nitrogen and oxygen atoms in total. The van der Waals surface area contributed by atoms with Crippen LogP contribution in [0.25, 0.3) is 0 Å². The lowest BCUT2D eigenvalue weighted by molar-refractivity contribution is 0.440. The van der Waals surface area contributed by atoms with Gasteiger partial charge in [-0.1, -0.05) is 31.2 Å². The van der Waals surface area contributed by atoms with E-state index in [-0.39, 0.29) is 0 Å². The summed E-state index contributed by atoms with van der Waals surface area (Å²) in [7, 11) is 0. The second-order valence-electron chi connectivity index (χ2n) is 6.62. The van der Waals surface area contributed by atoms with Crippen LogP contribution in [0.1, 0.15) is 19.8 Å². The van der Waals surface area contributed by atoms with Crippen LogP contribution >= 0.6 is 12.2 Å². The topological polar surface area (TPSA) is 62.3 Å². The van der Waals surface area contributed by atoms with Crippen molar-refractivity contribution < 1.29 is 4.74 Å². The number of piperidine rings is 1. The standard InChI is InChI=1S/C20H25N5OS/c1-3-11-21-20(27)24-19-22-17(25-12-7-8-15(2)14-25)13-18(23-19)26-16-9-5-4-6-10-16/h3-6,9-10,13,15H,1,7-8,11-12,14H2,2H3,(H2,21,22,23,24,27)/t15-/m0/s1. The van der Waals surface area contributed by atoms with Gasteiger partial charge in [-0.25, -0.2) is 0 Å². The molecular formula is C20H25N5OS. The fourth-order valence-electron chi connectivity index (χ4n) is 3.00. The Kier molecular flexibility index (Phi) is 6.59. The minimum Gasteiger partial charge on any atom is -0.439 e. The zero-order valence-electron chi connectivity index (χ0n) is 15.5. The highest BCUT2D eigenvalue weighted by Gasteiger charge is 2.19. The maximum absolute atomic E-state index is 5.94. The molecule has 1 fully saturated rings. The predicted molar refractivity (Wildman–Crippen MR) is 114 cm³/mol. The number of aromatic nitrogens is 2. The van der Waals surface area contributed by atoms with Gasteiger partial charge in [0.15, 0.2) is 5.11 Å². The monoisotopic (exact) mass is 383 g/mol.